The molecule has 0 aliphatic rings. The number of hydrogen-bond donors (Lipinski definition) is 0. The fourth-order valence-corrected chi connectivity index (χ4v) is 5.05. The number of benzene rings is 2. The summed E-state index contributed by atoms with van der Waals surface area (Å²) in [7, 11) is 0. The van der Waals surface area contributed by atoms with E-state index >= 15 is 0 Å². The van der Waals surface area contributed by atoms with Crippen molar-refractivity contribution in [2.24, 2.45) is 0 Å². The number of nitrogens with zero attached hydrogens (tertiary/aromatic N) is 5. The Morgan fingerprint density at radius 2 is 0.891 bits per heavy atom. The van der Waals surface area contributed by atoms with Crippen LogP contribution in [0, 0.1) is 13.0 Å². The smallest absolute Gasteiger partial charge is 1.00 e. The summed E-state index contributed by atoms with van der Waals surface area (Å²) >= 11 is 3.53. The molecule has 0 saturated carbocycles. The molecular weight excluding hydrogens is 743 g/mol. The van der Waals surface area contributed by atoms with Gasteiger partial charge in [0, 0.05) is 36.2 Å². The second-order valence-corrected chi connectivity index (χ2v) is 10.9. The number of halogens is 2. The van der Waals surface area contributed by atoms with Gasteiger partial charge in [-0.25, -0.2) is 4.98 Å². The predicted octanol–water partition coefficient (Wildman–Crippen LogP) is 6.56. The first-order chi connectivity index (χ1) is 21.6. The molecule has 0 N–H and O–H groups in total. The van der Waals surface area contributed by atoms with Crippen molar-refractivity contribution in [3.05, 3.63) is 162 Å². The average Bonchev–Trinajstić information content (AvgIpc) is 3.10. The largest absolute Gasteiger partial charge is 2.00 e. The Balaban J connectivity index is 0.000000207. The van der Waals surface area contributed by atoms with E-state index in [-0.39, 0.29) is 31.9 Å². The molecule has 5 aromatic heterocycles. The van der Waals surface area contributed by atoms with E-state index in [2.05, 4.69) is 85.3 Å². The molecule has 0 atom stereocenters. The van der Waals surface area contributed by atoms with Crippen LogP contribution in [0.5, 0.6) is 0 Å². The van der Waals surface area contributed by atoms with Crippen molar-refractivity contribution in [1.29, 1.82) is 0 Å². The Bertz CT molecular complexity index is 1850. The molecule has 7 rings (SSSR count). The van der Waals surface area contributed by atoms with Crippen molar-refractivity contribution >= 4 is 15.9 Å². The van der Waals surface area contributed by atoms with E-state index in [1.165, 1.54) is 5.56 Å². The second-order valence-electron chi connectivity index (χ2n) is 9.98. The molecule has 0 amide bonds. The summed E-state index contributed by atoms with van der Waals surface area (Å²) in [6.07, 6.45) is 7.14. The molecule has 0 spiro atoms. The minimum Gasteiger partial charge on any atom is -1.00 e. The molecule has 0 fully saturated rings. The van der Waals surface area contributed by atoms with E-state index in [1.54, 1.807) is 24.8 Å². The van der Waals surface area contributed by atoms with Crippen LogP contribution in [0.3, 0.4) is 0 Å². The van der Waals surface area contributed by atoms with Gasteiger partial charge in [0.2, 0.25) is 0 Å². The molecule has 0 bridgehead atoms. The van der Waals surface area contributed by atoms with Crippen LogP contribution in [0.25, 0.3) is 56.4 Å². The molecule has 0 aliphatic carbocycles. The molecule has 5 nitrogen and oxygen atoms in total. The molecule has 8 heteroatoms. The topological polar surface area (TPSA) is 64.5 Å². The maximum atomic E-state index is 4.79. The molecule has 2 aromatic carbocycles. The third-order valence-corrected chi connectivity index (χ3v) is 7.24. The SMILES string of the molecule is Brc1cc(-c2ccccn2)[c-]c(-c2ccccn2)c1.Cc1ccc(-c2cc(-c3ccccn3)nc(-c3ccccn3)c2)cc1.[Cl-].[Ru+2]. The van der Waals surface area contributed by atoms with Crippen LogP contribution in [-0.2, 0) is 19.5 Å². The van der Waals surface area contributed by atoms with Gasteiger partial charge in [0.1, 0.15) is 0 Å². The Labute approximate surface area is 296 Å². The summed E-state index contributed by atoms with van der Waals surface area (Å²) < 4.78 is 0.993. The molecule has 7 aromatic rings. The fraction of sp³-hybridized carbons (Fsp3) is 0.0263. The van der Waals surface area contributed by atoms with Crippen LogP contribution < -0.4 is 12.4 Å². The Kier molecular flexibility index (Phi) is 12.6. The van der Waals surface area contributed by atoms with Crippen molar-refractivity contribution < 1.29 is 31.9 Å². The molecule has 0 aliphatic heterocycles. The number of aryl methyl sites for hydroxylation is 1. The Morgan fingerprint density at radius 3 is 1.28 bits per heavy atom. The van der Waals surface area contributed by atoms with Crippen molar-refractivity contribution in [3.63, 3.8) is 0 Å². The molecule has 5 heterocycles. The van der Waals surface area contributed by atoms with Crippen LogP contribution in [0.15, 0.2) is 151 Å². The van der Waals surface area contributed by atoms with Gasteiger partial charge in [-0.1, -0.05) is 93.3 Å². The van der Waals surface area contributed by atoms with Crippen LogP contribution in [0.1, 0.15) is 5.56 Å². The summed E-state index contributed by atoms with van der Waals surface area (Å²) in [5, 5.41) is 0. The molecule has 226 valence electrons. The number of pyridine rings is 5. The first kappa shape index (κ1) is 34.5. The van der Waals surface area contributed by atoms with Gasteiger partial charge in [-0.2, -0.15) is 0 Å². The van der Waals surface area contributed by atoms with E-state index in [9.17, 15) is 0 Å². The maximum absolute atomic E-state index is 4.79. The number of hydrogen-bond acceptors (Lipinski definition) is 5. The van der Waals surface area contributed by atoms with E-state index in [1.807, 2.05) is 84.9 Å². The van der Waals surface area contributed by atoms with Crippen LogP contribution in [0.4, 0.5) is 0 Å². The van der Waals surface area contributed by atoms with Gasteiger partial charge in [-0.05, 0) is 71.1 Å². The van der Waals surface area contributed by atoms with Crippen LogP contribution in [-0.4, -0.2) is 24.9 Å². The monoisotopic (exact) mass is 769 g/mol. The van der Waals surface area contributed by atoms with Gasteiger partial charge in [0.25, 0.3) is 0 Å². The normalized spacial score (nSPS) is 10.0. The predicted molar refractivity (Wildman–Crippen MR) is 180 cm³/mol. The average molecular weight is 770 g/mol. The zero-order chi connectivity index (χ0) is 30.1. The third kappa shape index (κ3) is 8.85. The molecular formula is C38H27BrClN5Ru. The standard InChI is InChI=1S/C22H17N3.C16H10BrN2.ClH.Ru/c1-16-8-10-17(11-9-16)18-14-21(19-6-2-4-12-23-19)25-22(15-18)20-7-3-5-13-24-20;17-14-10-12(15-5-1-3-7-18-15)9-13(11-14)16-6-2-4-8-19-16;;/h2-15H,1H3;1-8,10-11H;1H;/q;-1;;+2/p-1. The summed E-state index contributed by atoms with van der Waals surface area (Å²) in [6.45, 7) is 2.09. The van der Waals surface area contributed by atoms with E-state index in [0.29, 0.717) is 0 Å². The van der Waals surface area contributed by atoms with Gasteiger partial charge in [0.15, 0.2) is 0 Å². The summed E-state index contributed by atoms with van der Waals surface area (Å²) in [4.78, 5) is 22.4. The second kappa shape index (κ2) is 16.8. The zero-order valence-electron chi connectivity index (χ0n) is 24.7. The van der Waals surface area contributed by atoms with Crippen molar-refractivity contribution in [3.8, 4) is 56.4 Å². The van der Waals surface area contributed by atoms with E-state index < -0.39 is 0 Å². The first-order valence-corrected chi connectivity index (χ1v) is 14.9. The fourth-order valence-electron chi connectivity index (χ4n) is 4.59. The molecule has 0 unspecified atom stereocenters. The minimum absolute atomic E-state index is 0. The summed E-state index contributed by atoms with van der Waals surface area (Å²) in [5.41, 5.74) is 10.6. The number of rotatable bonds is 5. The zero-order valence-corrected chi connectivity index (χ0v) is 28.8. The molecule has 46 heavy (non-hydrogen) atoms. The Hall–Kier alpha value is -4.42. The summed E-state index contributed by atoms with van der Waals surface area (Å²) in [5.74, 6) is 0. The number of aromatic nitrogens is 5. The Morgan fingerprint density at radius 1 is 0.478 bits per heavy atom. The van der Waals surface area contributed by atoms with Gasteiger partial charge >= 0.3 is 19.5 Å². The van der Waals surface area contributed by atoms with Crippen LogP contribution in [0.2, 0.25) is 0 Å². The molecule has 0 saturated heterocycles. The maximum Gasteiger partial charge on any atom is 2.00 e. The van der Waals surface area contributed by atoms with Gasteiger partial charge in [0.05, 0.1) is 22.8 Å². The quantitative estimate of drug-likeness (QED) is 0.147. The first-order valence-electron chi connectivity index (χ1n) is 14.1. The van der Waals surface area contributed by atoms with Gasteiger partial charge in [-0.15, -0.1) is 18.2 Å². The van der Waals surface area contributed by atoms with E-state index in [4.69, 9.17) is 4.98 Å². The van der Waals surface area contributed by atoms with Crippen molar-refractivity contribution in [2.45, 2.75) is 6.92 Å². The van der Waals surface area contributed by atoms with Crippen LogP contribution >= 0.6 is 15.9 Å². The van der Waals surface area contributed by atoms with Crippen molar-refractivity contribution in [2.75, 3.05) is 0 Å². The van der Waals surface area contributed by atoms with Gasteiger partial charge in [-0.3, -0.25) is 19.9 Å². The minimum atomic E-state index is 0. The molecule has 0 radical (unpaired) electrons. The van der Waals surface area contributed by atoms with E-state index in [0.717, 1.165) is 60.9 Å². The van der Waals surface area contributed by atoms with Crippen molar-refractivity contribution in [1.82, 2.24) is 24.9 Å². The third-order valence-electron chi connectivity index (χ3n) is 6.78. The summed E-state index contributed by atoms with van der Waals surface area (Å²) in [6, 6.07) is 43.5. The van der Waals surface area contributed by atoms with Gasteiger partial charge < -0.3 is 12.4 Å².